The number of anilines is 1. The number of thiol groups is 1. The van der Waals surface area contributed by atoms with Crippen LogP contribution in [0.4, 0.5) is 5.82 Å². The first-order chi connectivity index (χ1) is 5.88. The monoisotopic (exact) mass is 203 g/mol. The van der Waals surface area contributed by atoms with E-state index in [0.29, 0.717) is 0 Å². The quantitative estimate of drug-likeness (QED) is 0.681. The maximum absolute atomic E-state index is 5.23. The van der Waals surface area contributed by atoms with Gasteiger partial charge in [0.25, 0.3) is 0 Å². The second kappa shape index (κ2) is 3.59. The van der Waals surface area contributed by atoms with Crippen molar-refractivity contribution in [2.45, 2.75) is 5.03 Å². The van der Waals surface area contributed by atoms with Gasteiger partial charge in [0.1, 0.15) is 0 Å². The molecule has 2 rings (SSSR count). The van der Waals surface area contributed by atoms with Gasteiger partial charge in [0, 0.05) is 13.1 Å². The van der Waals surface area contributed by atoms with Gasteiger partial charge in [-0.2, -0.15) is 8.75 Å². The maximum atomic E-state index is 5.23. The molecule has 12 heavy (non-hydrogen) atoms. The van der Waals surface area contributed by atoms with E-state index in [4.69, 9.17) is 4.74 Å². The molecule has 1 aliphatic heterocycles. The Kier molecular flexibility index (Phi) is 2.48. The molecule has 1 fully saturated rings. The zero-order valence-electron chi connectivity index (χ0n) is 6.43. The minimum atomic E-state index is 0.724. The molecule has 2 heterocycles. The average molecular weight is 203 g/mol. The van der Waals surface area contributed by atoms with Crippen LogP contribution in [0.5, 0.6) is 0 Å². The van der Waals surface area contributed by atoms with Crippen molar-refractivity contribution >= 4 is 30.2 Å². The molecular weight excluding hydrogens is 194 g/mol. The van der Waals surface area contributed by atoms with Crippen molar-refractivity contribution in [2.75, 3.05) is 31.2 Å². The minimum absolute atomic E-state index is 0.724. The Labute approximate surface area is 80.3 Å². The van der Waals surface area contributed by atoms with Crippen molar-refractivity contribution in [3.63, 3.8) is 0 Å². The highest BCUT2D eigenvalue weighted by Gasteiger charge is 2.16. The fourth-order valence-electron chi connectivity index (χ4n) is 1.15. The molecule has 0 saturated carbocycles. The number of ether oxygens (including phenoxy) is 1. The van der Waals surface area contributed by atoms with E-state index in [1.807, 2.05) is 0 Å². The molecule has 0 N–H and O–H groups in total. The third-order valence-electron chi connectivity index (χ3n) is 1.77. The third-order valence-corrected chi connectivity index (χ3v) is 2.72. The molecule has 66 valence electrons. The lowest BCUT2D eigenvalue weighted by Gasteiger charge is -2.26. The Morgan fingerprint density at radius 3 is 2.67 bits per heavy atom. The molecule has 0 unspecified atom stereocenters. The standard InChI is InChI=1S/C6H9N3OS2/c11-6-5(7-12-8-6)9-1-3-10-4-2-9/h1-4H2,(H,8,11). The number of nitrogens with zero attached hydrogens (tertiary/aromatic N) is 3. The summed E-state index contributed by atoms with van der Waals surface area (Å²) in [7, 11) is 0. The van der Waals surface area contributed by atoms with Crippen LogP contribution in [0.1, 0.15) is 0 Å². The first-order valence-corrected chi connectivity index (χ1v) is 4.90. The Hall–Kier alpha value is -0.330. The summed E-state index contributed by atoms with van der Waals surface area (Å²) in [6.45, 7) is 3.31. The van der Waals surface area contributed by atoms with Gasteiger partial charge in [-0.05, 0) is 0 Å². The molecule has 0 spiro atoms. The normalized spacial score (nSPS) is 18.2. The van der Waals surface area contributed by atoms with Crippen molar-refractivity contribution in [2.24, 2.45) is 0 Å². The van der Waals surface area contributed by atoms with Gasteiger partial charge in [-0.15, -0.1) is 12.6 Å². The van der Waals surface area contributed by atoms with Gasteiger partial charge in [-0.3, -0.25) is 0 Å². The maximum Gasteiger partial charge on any atom is 0.176 e. The van der Waals surface area contributed by atoms with Crippen LogP contribution in [0.25, 0.3) is 0 Å². The lowest BCUT2D eigenvalue weighted by molar-refractivity contribution is 0.122. The van der Waals surface area contributed by atoms with Crippen molar-refractivity contribution in [1.29, 1.82) is 0 Å². The largest absolute Gasteiger partial charge is 0.378 e. The van der Waals surface area contributed by atoms with Gasteiger partial charge in [-0.1, -0.05) is 0 Å². The molecule has 0 radical (unpaired) electrons. The highest BCUT2D eigenvalue weighted by molar-refractivity contribution is 7.80. The summed E-state index contributed by atoms with van der Waals surface area (Å²) < 4.78 is 13.4. The van der Waals surface area contributed by atoms with Crippen LogP contribution in [0, 0.1) is 0 Å². The van der Waals surface area contributed by atoms with Gasteiger partial charge < -0.3 is 9.64 Å². The number of morpholine rings is 1. The van der Waals surface area contributed by atoms with E-state index in [9.17, 15) is 0 Å². The molecule has 0 bridgehead atoms. The number of aromatic nitrogens is 2. The summed E-state index contributed by atoms with van der Waals surface area (Å²) in [6.07, 6.45) is 0. The summed E-state index contributed by atoms with van der Waals surface area (Å²) in [6, 6.07) is 0. The van der Waals surface area contributed by atoms with E-state index >= 15 is 0 Å². The summed E-state index contributed by atoms with van der Waals surface area (Å²) >= 11 is 5.41. The second-order valence-corrected chi connectivity index (χ2v) is 3.46. The van der Waals surface area contributed by atoms with E-state index in [0.717, 1.165) is 37.1 Å². The molecule has 1 aromatic heterocycles. The van der Waals surface area contributed by atoms with Crippen LogP contribution in [0.3, 0.4) is 0 Å². The van der Waals surface area contributed by atoms with E-state index in [2.05, 4.69) is 26.3 Å². The molecule has 6 heteroatoms. The Morgan fingerprint density at radius 2 is 2.08 bits per heavy atom. The highest BCUT2D eigenvalue weighted by Crippen LogP contribution is 2.21. The molecule has 1 aromatic rings. The van der Waals surface area contributed by atoms with Crippen molar-refractivity contribution < 1.29 is 4.74 Å². The van der Waals surface area contributed by atoms with Crippen molar-refractivity contribution in [1.82, 2.24) is 8.75 Å². The summed E-state index contributed by atoms with van der Waals surface area (Å²) in [5.41, 5.74) is 0. The van der Waals surface area contributed by atoms with Gasteiger partial charge in [0.15, 0.2) is 10.8 Å². The SMILES string of the molecule is Sc1nsnc1N1CCOCC1. The summed E-state index contributed by atoms with van der Waals surface area (Å²) in [4.78, 5) is 2.15. The number of hydrogen-bond acceptors (Lipinski definition) is 6. The van der Waals surface area contributed by atoms with Gasteiger partial charge >= 0.3 is 0 Å². The van der Waals surface area contributed by atoms with Gasteiger partial charge in [0.05, 0.1) is 24.9 Å². The van der Waals surface area contributed by atoms with Crippen molar-refractivity contribution in [3.05, 3.63) is 0 Å². The molecule has 0 amide bonds. The van der Waals surface area contributed by atoms with Crippen LogP contribution in [0.15, 0.2) is 5.03 Å². The first kappa shape index (κ1) is 8.28. The molecule has 0 aliphatic carbocycles. The fourth-order valence-corrected chi connectivity index (χ4v) is 2.00. The minimum Gasteiger partial charge on any atom is -0.378 e. The number of rotatable bonds is 1. The summed E-state index contributed by atoms with van der Waals surface area (Å²) in [5.74, 6) is 0.895. The third kappa shape index (κ3) is 1.55. The lowest BCUT2D eigenvalue weighted by atomic mass is 10.4. The zero-order chi connectivity index (χ0) is 8.39. The van der Waals surface area contributed by atoms with Gasteiger partial charge in [0.2, 0.25) is 0 Å². The number of hydrogen-bond donors (Lipinski definition) is 1. The Bertz CT molecular complexity index is 259. The van der Waals surface area contributed by atoms with E-state index < -0.39 is 0 Å². The second-order valence-electron chi connectivity index (χ2n) is 2.51. The smallest absolute Gasteiger partial charge is 0.176 e. The first-order valence-electron chi connectivity index (χ1n) is 3.72. The molecule has 0 aromatic carbocycles. The van der Waals surface area contributed by atoms with Crippen LogP contribution in [0.2, 0.25) is 0 Å². The van der Waals surface area contributed by atoms with E-state index in [-0.39, 0.29) is 0 Å². The van der Waals surface area contributed by atoms with Crippen LogP contribution >= 0.6 is 24.4 Å². The predicted molar refractivity (Wildman–Crippen MR) is 50.2 cm³/mol. The Balaban J connectivity index is 2.13. The van der Waals surface area contributed by atoms with E-state index in [1.54, 1.807) is 0 Å². The molecule has 1 aliphatic rings. The zero-order valence-corrected chi connectivity index (χ0v) is 8.14. The lowest BCUT2D eigenvalue weighted by Crippen LogP contribution is -2.36. The molecular formula is C6H9N3OS2. The predicted octanol–water partition coefficient (Wildman–Crippen LogP) is 0.663. The van der Waals surface area contributed by atoms with Crippen LogP contribution in [-0.4, -0.2) is 35.1 Å². The highest BCUT2D eigenvalue weighted by atomic mass is 32.1. The fraction of sp³-hybridized carbons (Fsp3) is 0.667. The molecule has 4 nitrogen and oxygen atoms in total. The van der Waals surface area contributed by atoms with Crippen LogP contribution < -0.4 is 4.90 Å². The Morgan fingerprint density at radius 1 is 1.33 bits per heavy atom. The van der Waals surface area contributed by atoms with Crippen LogP contribution in [-0.2, 0) is 4.74 Å². The topological polar surface area (TPSA) is 38.2 Å². The average Bonchev–Trinajstić information content (AvgIpc) is 2.53. The van der Waals surface area contributed by atoms with Gasteiger partial charge in [-0.25, -0.2) is 0 Å². The van der Waals surface area contributed by atoms with E-state index in [1.165, 1.54) is 11.7 Å². The molecule has 0 atom stereocenters. The summed E-state index contributed by atoms with van der Waals surface area (Å²) in [5, 5.41) is 0.724. The van der Waals surface area contributed by atoms with Crippen molar-refractivity contribution in [3.8, 4) is 0 Å². The molecule has 1 saturated heterocycles.